The summed E-state index contributed by atoms with van der Waals surface area (Å²) in [5, 5.41) is 0. The lowest BCUT2D eigenvalue weighted by molar-refractivity contribution is -0.0507. The van der Waals surface area contributed by atoms with Gasteiger partial charge in [-0.2, -0.15) is 8.78 Å². The van der Waals surface area contributed by atoms with Crippen LogP contribution in [-0.2, 0) is 6.42 Å². The van der Waals surface area contributed by atoms with Gasteiger partial charge in [-0.15, -0.1) is 0 Å². The SMILES string of the molecule is NNC(Cc1cccc(Br)c1)c1ccccc1OC(F)F. The van der Waals surface area contributed by atoms with Crippen LogP contribution < -0.4 is 16.0 Å². The monoisotopic (exact) mass is 356 g/mol. The van der Waals surface area contributed by atoms with E-state index < -0.39 is 6.61 Å². The fourth-order valence-electron chi connectivity index (χ4n) is 2.13. The summed E-state index contributed by atoms with van der Waals surface area (Å²) in [4.78, 5) is 0. The minimum Gasteiger partial charge on any atom is -0.434 e. The van der Waals surface area contributed by atoms with Gasteiger partial charge in [0.05, 0.1) is 6.04 Å². The zero-order valence-corrected chi connectivity index (χ0v) is 12.7. The van der Waals surface area contributed by atoms with Crippen LogP contribution in [-0.4, -0.2) is 6.61 Å². The molecule has 0 heterocycles. The molecule has 0 amide bonds. The zero-order chi connectivity index (χ0) is 15.2. The number of para-hydroxylation sites is 1. The Morgan fingerprint density at radius 1 is 1.14 bits per heavy atom. The van der Waals surface area contributed by atoms with E-state index in [1.54, 1.807) is 18.2 Å². The van der Waals surface area contributed by atoms with E-state index >= 15 is 0 Å². The number of rotatable bonds is 6. The highest BCUT2D eigenvalue weighted by Crippen LogP contribution is 2.28. The lowest BCUT2D eigenvalue weighted by Crippen LogP contribution is -2.30. The maximum atomic E-state index is 12.5. The van der Waals surface area contributed by atoms with Gasteiger partial charge in [-0.1, -0.05) is 46.3 Å². The highest BCUT2D eigenvalue weighted by atomic mass is 79.9. The van der Waals surface area contributed by atoms with Gasteiger partial charge in [0.25, 0.3) is 0 Å². The fourth-order valence-corrected chi connectivity index (χ4v) is 2.58. The Morgan fingerprint density at radius 2 is 1.90 bits per heavy atom. The maximum Gasteiger partial charge on any atom is 0.387 e. The van der Waals surface area contributed by atoms with Crippen LogP contribution in [0.15, 0.2) is 53.0 Å². The summed E-state index contributed by atoms with van der Waals surface area (Å²) in [7, 11) is 0. The van der Waals surface area contributed by atoms with Gasteiger partial charge in [0, 0.05) is 10.0 Å². The molecule has 1 atom stereocenters. The number of alkyl halides is 2. The number of hydrogen-bond donors (Lipinski definition) is 2. The van der Waals surface area contributed by atoms with E-state index in [4.69, 9.17) is 5.84 Å². The van der Waals surface area contributed by atoms with Crippen molar-refractivity contribution in [3.8, 4) is 5.75 Å². The van der Waals surface area contributed by atoms with E-state index in [1.165, 1.54) is 6.07 Å². The molecule has 1 unspecified atom stereocenters. The molecule has 0 aromatic heterocycles. The fraction of sp³-hybridized carbons (Fsp3) is 0.200. The van der Waals surface area contributed by atoms with Crippen LogP contribution in [0.1, 0.15) is 17.2 Å². The number of benzene rings is 2. The number of ether oxygens (including phenoxy) is 1. The Kier molecular flexibility index (Phi) is 5.67. The minimum atomic E-state index is -2.87. The maximum absolute atomic E-state index is 12.5. The number of hydrogen-bond acceptors (Lipinski definition) is 3. The summed E-state index contributed by atoms with van der Waals surface area (Å²) in [5.41, 5.74) is 4.28. The second-order valence-corrected chi connectivity index (χ2v) is 5.39. The molecular weight excluding hydrogens is 342 g/mol. The highest BCUT2D eigenvalue weighted by molar-refractivity contribution is 9.10. The van der Waals surface area contributed by atoms with Gasteiger partial charge in [-0.05, 0) is 30.2 Å². The molecule has 0 aliphatic heterocycles. The van der Waals surface area contributed by atoms with Gasteiger partial charge in [-0.25, -0.2) is 0 Å². The van der Waals surface area contributed by atoms with Crippen molar-refractivity contribution in [2.75, 3.05) is 0 Å². The molecule has 0 fully saturated rings. The van der Waals surface area contributed by atoms with Crippen molar-refractivity contribution >= 4 is 15.9 Å². The van der Waals surface area contributed by atoms with Gasteiger partial charge < -0.3 is 4.74 Å². The molecule has 2 aromatic rings. The van der Waals surface area contributed by atoms with Crippen molar-refractivity contribution in [1.29, 1.82) is 0 Å². The van der Waals surface area contributed by atoms with Crippen molar-refractivity contribution < 1.29 is 13.5 Å². The Labute approximate surface area is 130 Å². The van der Waals surface area contributed by atoms with Crippen LogP contribution in [0.5, 0.6) is 5.75 Å². The van der Waals surface area contributed by atoms with Crippen molar-refractivity contribution in [3.05, 3.63) is 64.1 Å². The van der Waals surface area contributed by atoms with Gasteiger partial charge in [-0.3, -0.25) is 11.3 Å². The molecule has 0 aliphatic carbocycles. The largest absolute Gasteiger partial charge is 0.434 e. The summed E-state index contributed by atoms with van der Waals surface area (Å²) in [6.45, 7) is -2.87. The van der Waals surface area contributed by atoms with Crippen molar-refractivity contribution in [2.24, 2.45) is 5.84 Å². The molecule has 0 spiro atoms. The Morgan fingerprint density at radius 3 is 2.57 bits per heavy atom. The van der Waals surface area contributed by atoms with E-state index in [2.05, 4.69) is 26.1 Å². The molecule has 3 nitrogen and oxygen atoms in total. The number of nitrogens with two attached hydrogens (primary N) is 1. The summed E-state index contributed by atoms with van der Waals surface area (Å²) in [5.74, 6) is 5.72. The minimum absolute atomic E-state index is 0.130. The predicted molar refractivity (Wildman–Crippen MR) is 81.0 cm³/mol. The van der Waals surface area contributed by atoms with Gasteiger partial charge in [0.1, 0.15) is 5.75 Å². The first-order valence-electron chi connectivity index (χ1n) is 6.34. The predicted octanol–water partition coefficient (Wildman–Crippen LogP) is 3.80. The van der Waals surface area contributed by atoms with E-state index in [0.29, 0.717) is 12.0 Å². The first-order valence-corrected chi connectivity index (χ1v) is 7.13. The summed E-state index contributed by atoms with van der Waals surface area (Å²) in [6.07, 6.45) is 0.555. The third-order valence-corrected chi connectivity index (χ3v) is 3.53. The van der Waals surface area contributed by atoms with Gasteiger partial charge >= 0.3 is 6.61 Å². The van der Waals surface area contributed by atoms with Crippen molar-refractivity contribution in [3.63, 3.8) is 0 Å². The molecule has 112 valence electrons. The van der Waals surface area contributed by atoms with Crippen LogP contribution in [0.25, 0.3) is 0 Å². The quantitative estimate of drug-likeness (QED) is 0.611. The lowest BCUT2D eigenvalue weighted by Gasteiger charge is -2.20. The molecule has 0 aliphatic rings. The van der Waals surface area contributed by atoms with E-state index in [0.717, 1.165) is 10.0 Å². The van der Waals surface area contributed by atoms with E-state index in [-0.39, 0.29) is 11.8 Å². The van der Waals surface area contributed by atoms with Gasteiger partial charge in [0.2, 0.25) is 0 Å². The van der Waals surface area contributed by atoms with Crippen LogP contribution in [0, 0.1) is 0 Å². The lowest BCUT2D eigenvalue weighted by atomic mass is 9.98. The molecule has 0 saturated heterocycles. The molecule has 2 rings (SSSR count). The molecule has 2 aromatic carbocycles. The van der Waals surface area contributed by atoms with Crippen LogP contribution in [0.2, 0.25) is 0 Å². The smallest absolute Gasteiger partial charge is 0.387 e. The van der Waals surface area contributed by atoms with E-state index in [9.17, 15) is 8.78 Å². The second-order valence-electron chi connectivity index (χ2n) is 4.47. The molecule has 6 heteroatoms. The van der Waals surface area contributed by atoms with E-state index in [1.807, 2.05) is 24.3 Å². The summed E-state index contributed by atoms with van der Waals surface area (Å²) in [6, 6.07) is 14.1. The first-order chi connectivity index (χ1) is 10.1. The number of nitrogens with one attached hydrogen (secondary N) is 1. The first kappa shape index (κ1) is 15.9. The Hall–Kier alpha value is -1.50. The third-order valence-electron chi connectivity index (χ3n) is 3.04. The standard InChI is InChI=1S/C15H15BrF2N2O/c16-11-5-3-4-10(8-11)9-13(20-19)12-6-1-2-7-14(12)21-15(17)18/h1-8,13,15,20H,9,19H2. The normalized spacial score (nSPS) is 12.4. The average molecular weight is 357 g/mol. The molecule has 0 saturated carbocycles. The van der Waals surface area contributed by atoms with Gasteiger partial charge in [0.15, 0.2) is 0 Å². The van der Waals surface area contributed by atoms with Crippen LogP contribution in [0.4, 0.5) is 8.78 Å². The average Bonchev–Trinajstić information content (AvgIpc) is 2.45. The summed E-state index contributed by atoms with van der Waals surface area (Å²) < 4.78 is 30.4. The van der Waals surface area contributed by atoms with Crippen molar-refractivity contribution in [1.82, 2.24) is 5.43 Å². The van der Waals surface area contributed by atoms with Crippen molar-refractivity contribution in [2.45, 2.75) is 19.1 Å². The third kappa shape index (κ3) is 4.49. The topological polar surface area (TPSA) is 47.3 Å². The summed E-state index contributed by atoms with van der Waals surface area (Å²) >= 11 is 3.40. The Bertz CT molecular complexity index is 595. The molecular formula is C15H15BrF2N2O. The molecule has 0 radical (unpaired) electrons. The molecule has 0 bridgehead atoms. The Balaban J connectivity index is 2.25. The zero-order valence-electron chi connectivity index (χ0n) is 11.1. The molecule has 3 N–H and O–H groups in total. The van der Waals surface area contributed by atoms with Crippen LogP contribution >= 0.6 is 15.9 Å². The molecule has 21 heavy (non-hydrogen) atoms. The number of halogens is 3. The van der Waals surface area contributed by atoms with Crippen LogP contribution in [0.3, 0.4) is 0 Å². The highest BCUT2D eigenvalue weighted by Gasteiger charge is 2.17. The second kappa shape index (κ2) is 7.49. The number of hydrazine groups is 1.